The first-order valence-electron chi connectivity index (χ1n) is 15.7. The van der Waals surface area contributed by atoms with Crippen molar-refractivity contribution in [2.45, 2.75) is 76.7 Å². The molecule has 5 rings (SSSR count). The third kappa shape index (κ3) is 7.79. The number of hydrogen-bond acceptors (Lipinski definition) is 1. The van der Waals surface area contributed by atoms with Crippen molar-refractivity contribution >= 4 is 0 Å². The van der Waals surface area contributed by atoms with Crippen LogP contribution in [0.3, 0.4) is 0 Å². The first-order chi connectivity index (χ1) is 22.4. The quantitative estimate of drug-likeness (QED) is 0.0881. The number of halogens is 9. The Labute approximate surface area is 267 Å². The van der Waals surface area contributed by atoms with Gasteiger partial charge in [-0.15, -0.1) is 0 Å². The molecule has 1 fully saturated rings. The Balaban J connectivity index is 1.28. The number of rotatable bonds is 11. The standard InChI is InChI=1S/C37H33F9O/c1-2-3-4-5-6-21-7-9-22(10-8-21)24-16-31(40)35(32(41)17-24)37(45,46)47-26-12-14-27(30(39)20-26)23-11-13-28(29(38)15-23)25-18-33(42)36(44)34(43)19-25/h11-22H,2-10H2,1H3. The second kappa shape index (κ2) is 14.4. The highest BCUT2D eigenvalue weighted by Crippen LogP contribution is 2.42. The molecule has 250 valence electrons. The molecule has 1 aliphatic rings. The summed E-state index contributed by atoms with van der Waals surface area (Å²) < 4.78 is 135. The Morgan fingerprint density at radius 2 is 1.19 bits per heavy atom. The fourth-order valence-electron chi connectivity index (χ4n) is 6.37. The summed E-state index contributed by atoms with van der Waals surface area (Å²) in [5.41, 5.74) is -2.20. The van der Waals surface area contributed by atoms with E-state index < -0.39 is 58.1 Å². The normalized spacial score (nSPS) is 16.8. The smallest absolute Gasteiger partial charge is 0.429 e. The summed E-state index contributed by atoms with van der Waals surface area (Å²) >= 11 is 0. The minimum absolute atomic E-state index is 0.0664. The maximum Gasteiger partial charge on any atom is 0.432 e. The summed E-state index contributed by atoms with van der Waals surface area (Å²) in [6.07, 6.45) is 4.56. The highest BCUT2D eigenvalue weighted by Gasteiger charge is 2.42. The average molecular weight is 665 g/mol. The van der Waals surface area contributed by atoms with Gasteiger partial charge in [-0.1, -0.05) is 51.2 Å². The lowest BCUT2D eigenvalue weighted by Crippen LogP contribution is -2.26. The van der Waals surface area contributed by atoms with Crippen LogP contribution in [0, 0.1) is 46.6 Å². The molecule has 4 aromatic carbocycles. The maximum atomic E-state index is 15.1. The van der Waals surface area contributed by atoms with Crippen LogP contribution in [0.2, 0.25) is 0 Å². The molecule has 10 heteroatoms. The fourth-order valence-corrected chi connectivity index (χ4v) is 6.37. The van der Waals surface area contributed by atoms with E-state index in [2.05, 4.69) is 11.7 Å². The zero-order valence-corrected chi connectivity index (χ0v) is 25.6. The van der Waals surface area contributed by atoms with Gasteiger partial charge < -0.3 is 4.74 Å². The van der Waals surface area contributed by atoms with E-state index in [4.69, 9.17) is 0 Å². The Kier molecular flexibility index (Phi) is 10.6. The van der Waals surface area contributed by atoms with Crippen molar-refractivity contribution in [1.82, 2.24) is 0 Å². The van der Waals surface area contributed by atoms with Crippen molar-refractivity contribution in [2.24, 2.45) is 5.92 Å². The van der Waals surface area contributed by atoms with Gasteiger partial charge in [0.25, 0.3) is 0 Å². The van der Waals surface area contributed by atoms with Crippen LogP contribution in [0.5, 0.6) is 5.75 Å². The van der Waals surface area contributed by atoms with Crippen molar-refractivity contribution in [3.8, 4) is 28.0 Å². The third-order valence-corrected chi connectivity index (χ3v) is 8.90. The largest absolute Gasteiger partial charge is 0.432 e. The predicted molar refractivity (Wildman–Crippen MR) is 161 cm³/mol. The monoisotopic (exact) mass is 664 g/mol. The van der Waals surface area contributed by atoms with Crippen LogP contribution >= 0.6 is 0 Å². The topological polar surface area (TPSA) is 9.23 Å². The van der Waals surface area contributed by atoms with Gasteiger partial charge in [-0.3, -0.25) is 0 Å². The molecule has 0 bridgehead atoms. The number of alkyl halides is 2. The highest BCUT2D eigenvalue weighted by atomic mass is 19.3. The Morgan fingerprint density at radius 1 is 0.617 bits per heavy atom. The molecule has 0 aliphatic heterocycles. The highest BCUT2D eigenvalue weighted by molar-refractivity contribution is 5.72. The van der Waals surface area contributed by atoms with Gasteiger partial charge in [0, 0.05) is 17.2 Å². The second-order valence-corrected chi connectivity index (χ2v) is 12.1. The molecule has 4 aromatic rings. The lowest BCUT2D eigenvalue weighted by Gasteiger charge is -2.29. The van der Waals surface area contributed by atoms with Gasteiger partial charge in [-0.25, -0.2) is 30.7 Å². The summed E-state index contributed by atoms with van der Waals surface area (Å²) in [6.45, 7) is 2.15. The summed E-state index contributed by atoms with van der Waals surface area (Å²) in [4.78, 5) is 0. The van der Waals surface area contributed by atoms with Gasteiger partial charge in [-0.2, -0.15) is 8.78 Å². The third-order valence-electron chi connectivity index (χ3n) is 8.90. The van der Waals surface area contributed by atoms with E-state index in [9.17, 15) is 17.6 Å². The van der Waals surface area contributed by atoms with Gasteiger partial charge in [-0.05, 0) is 96.7 Å². The molecule has 0 aromatic heterocycles. The van der Waals surface area contributed by atoms with Crippen LogP contribution in [-0.2, 0) is 6.11 Å². The Hall–Kier alpha value is -3.95. The number of ether oxygens (including phenoxy) is 1. The van der Waals surface area contributed by atoms with E-state index >= 15 is 22.0 Å². The summed E-state index contributed by atoms with van der Waals surface area (Å²) in [5.74, 6) is -10.2. The first-order valence-corrected chi connectivity index (χ1v) is 15.7. The van der Waals surface area contributed by atoms with Crippen molar-refractivity contribution in [2.75, 3.05) is 0 Å². The molecule has 1 nitrogen and oxygen atoms in total. The van der Waals surface area contributed by atoms with Crippen molar-refractivity contribution < 1.29 is 44.3 Å². The van der Waals surface area contributed by atoms with Gasteiger partial charge in [0.15, 0.2) is 17.5 Å². The average Bonchev–Trinajstić information content (AvgIpc) is 3.01. The van der Waals surface area contributed by atoms with Crippen molar-refractivity contribution in [3.05, 3.63) is 113 Å². The minimum Gasteiger partial charge on any atom is -0.429 e. The molecule has 1 aliphatic carbocycles. The molecule has 1 saturated carbocycles. The molecule has 47 heavy (non-hydrogen) atoms. The summed E-state index contributed by atoms with van der Waals surface area (Å²) in [6, 6.07) is 8.65. The van der Waals surface area contributed by atoms with E-state index in [0.717, 1.165) is 68.5 Å². The number of benzene rings is 4. The molecule has 0 radical (unpaired) electrons. The molecule has 0 unspecified atom stereocenters. The van der Waals surface area contributed by atoms with Crippen LogP contribution in [0.4, 0.5) is 39.5 Å². The molecular weight excluding hydrogens is 631 g/mol. The predicted octanol–water partition coefficient (Wildman–Crippen LogP) is 12.4. The maximum absolute atomic E-state index is 15.1. The van der Waals surface area contributed by atoms with Crippen molar-refractivity contribution in [3.63, 3.8) is 0 Å². The van der Waals surface area contributed by atoms with E-state index in [0.29, 0.717) is 42.5 Å². The van der Waals surface area contributed by atoms with E-state index in [-0.39, 0.29) is 28.2 Å². The van der Waals surface area contributed by atoms with Crippen LogP contribution in [0.1, 0.15) is 81.8 Å². The summed E-state index contributed by atoms with van der Waals surface area (Å²) in [7, 11) is 0. The van der Waals surface area contributed by atoms with Crippen LogP contribution < -0.4 is 4.74 Å². The zero-order chi connectivity index (χ0) is 33.9. The van der Waals surface area contributed by atoms with Crippen molar-refractivity contribution in [1.29, 1.82) is 0 Å². The number of unbranched alkanes of at least 4 members (excludes halogenated alkanes) is 3. The van der Waals surface area contributed by atoms with E-state index in [1.807, 2.05) is 0 Å². The van der Waals surface area contributed by atoms with Crippen LogP contribution in [-0.4, -0.2) is 0 Å². The van der Waals surface area contributed by atoms with E-state index in [1.54, 1.807) is 0 Å². The van der Waals surface area contributed by atoms with Gasteiger partial charge in [0.2, 0.25) is 0 Å². The molecule has 0 N–H and O–H groups in total. The second-order valence-electron chi connectivity index (χ2n) is 12.1. The number of hydrogen-bond donors (Lipinski definition) is 0. The van der Waals surface area contributed by atoms with Crippen LogP contribution in [0.25, 0.3) is 22.3 Å². The van der Waals surface area contributed by atoms with Gasteiger partial charge in [0.05, 0.1) is 0 Å². The van der Waals surface area contributed by atoms with Gasteiger partial charge >= 0.3 is 6.11 Å². The lowest BCUT2D eigenvalue weighted by atomic mass is 9.77. The summed E-state index contributed by atoms with van der Waals surface area (Å²) in [5, 5.41) is 0. The molecule has 0 atom stereocenters. The first kappa shape index (κ1) is 34.4. The molecule has 0 heterocycles. The molecule has 0 amide bonds. The molecule has 0 spiro atoms. The molecular formula is C37H33F9O. The van der Waals surface area contributed by atoms with E-state index in [1.165, 1.54) is 18.9 Å². The lowest BCUT2D eigenvalue weighted by molar-refractivity contribution is -0.189. The molecule has 0 saturated heterocycles. The zero-order valence-electron chi connectivity index (χ0n) is 25.6. The SMILES string of the molecule is CCCCCCC1CCC(c2cc(F)c(C(F)(F)Oc3ccc(-c4ccc(-c5cc(F)c(F)c(F)c5)c(F)c4)c(F)c3)c(F)c2)CC1. The Bertz CT molecular complexity index is 1680. The van der Waals surface area contributed by atoms with Crippen LogP contribution in [0.15, 0.2) is 60.7 Å². The fraction of sp³-hybridized carbons (Fsp3) is 0.351. The minimum atomic E-state index is -4.50. The van der Waals surface area contributed by atoms with Gasteiger partial charge in [0.1, 0.15) is 34.6 Å². The Morgan fingerprint density at radius 3 is 1.79 bits per heavy atom.